The molecule has 2 N–H and O–H groups in total. The smallest absolute Gasteiger partial charge is 0.123 e. The summed E-state index contributed by atoms with van der Waals surface area (Å²) in [5, 5.41) is 12.8. The van der Waals surface area contributed by atoms with Crippen molar-refractivity contribution in [3.05, 3.63) is 65.2 Å². The highest BCUT2D eigenvalue weighted by atomic mass is 35.5. The molecule has 0 bridgehead atoms. The van der Waals surface area contributed by atoms with Crippen LogP contribution in [0, 0.1) is 11.6 Å². The van der Waals surface area contributed by atoms with Gasteiger partial charge in [-0.15, -0.1) is 12.4 Å². The predicted molar refractivity (Wildman–Crippen MR) is 100.0 cm³/mol. The maximum absolute atomic E-state index is 13.6. The second-order valence-corrected chi connectivity index (χ2v) is 6.51. The summed E-state index contributed by atoms with van der Waals surface area (Å²) in [5.74, 6) is 0.133. The Morgan fingerprint density at radius 2 is 1.77 bits per heavy atom. The molecule has 2 atom stereocenters. The van der Waals surface area contributed by atoms with Crippen molar-refractivity contribution in [1.82, 2.24) is 5.32 Å². The molecule has 1 fully saturated rings. The number of hydrogen-bond donors (Lipinski definition) is 2. The van der Waals surface area contributed by atoms with Crippen molar-refractivity contribution in [1.29, 1.82) is 0 Å². The van der Waals surface area contributed by atoms with E-state index in [4.69, 9.17) is 4.74 Å². The fraction of sp³-hybridized carbons (Fsp3) is 0.400. The van der Waals surface area contributed by atoms with E-state index >= 15 is 0 Å². The monoisotopic (exact) mass is 383 g/mol. The first-order chi connectivity index (χ1) is 12.1. The number of benzene rings is 2. The zero-order valence-electron chi connectivity index (χ0n) is 14.5. The average Bonchev–Trinajstić information content (AvgIpc) is 3.01. The van der Waals surface area contributed by atoms with Crippen molar-refractivity contribution < 1.29 is 18.6 Å². The van der Waals surface area contributed by atoms with Crippen LogP contribution >= 0.6 is 12.4 Å². The fourth-order valence-electron chi connectivity index (χ4n) is 3.14. The lowest BCUT2D eigenvalue weighted by atomic mass is 10.0. The standard InChI is InChI=1S/C20H23F2NO2.ClH/c21-16-5-2-14(3-6-16)1-4-15-11-17(22)7-8-20(15)25-10-9-18-12-19(24)13-23-18;/h2-3,5-8,11,18-19,23-24H,1,4,9-10,12-13H2;1H/t18-,19-;/m1./s1. The van der Waals surface area contributed by atoms with Crippen molar-refractivity contribution in [2.45, 2.75) is 37.8 Å². The summed E-state index contributed by atoms with van der Waals surface area (Å²) in [7, 11) is 0. The van der Waals surface area contributed by atoms with E-state index in [2.05, 4.69) is 5.32 Å². The van der Waals surface area contributed by atoms with Crippen LogP contribution in [0.3, 0.4) is 0 Å². The van der Waals surface area contributed by atoms with E-state index in [1.165, 1.54) is 24.3 Å². The lowest BCUT2D eigenvalue weighted by Crippen LogP contribution is -2.23. The molecule has 2 aromatic rings. The van der Waals surface area contributed by atoms with Gasteiger partial charge >= 0.3 is 0 Å². The number of hydrogen-bond acceptors (Lipinski definition) is 3. The quantitative estimate of drug-likeness (QED) is 0.766. The summed E-state index contributed by atoms with van der Waals surface area (Å²) in [4.78, 5) is 0. The third-order valence-corrected chi connectivity index (χ3v) is 4.54. The van der Waals surface area contributed by atoms with Crippen molar-refractivity contribution in [2.75, 3.05) is 13.2 Å². The Balaban J connectivity index is 0.00000243. The molecule has 142 valence electrons. The molecular formula is C20H24ClF2NO2. The van der Waals surface area contributed by atoms with E-state index in [0.29, 0.717) is 31.7 Å². The van der Waals surface area contributed by atoms with Crippen LogP contribution in [-0.4, -0.2) is 30.4 Å². The lowest BCUT2D eigenvalue weighted by Gasteiger charge is -2.14. The van der Waals surface area contributed by atoms with Crippen LogP contribution in [0.25, 0.3) is 0 Å². The fourth-order valence-corrected chi connectivity index (χ4v) is 3.14. The molecule has 0 aliphatic carbocycles. The number of β-amino-alcohol motifs (C(OH)–C–C–N with tert-alkyl or cyclic N) is 1. The molecule has 0 aromatic heterocycles. The van der Waals surface area contributed by atoms with Gasteiger partial charge in [-0.2, -0.15) is 0 Å². The molecule has 1 aliphatic heterocycles. The maximum atomic E-state index is 13.6. The molecule has 1 heterocycles. The van der Waals surface area contributed by atoms with Crippen LogP contribution in [0.5, 0.6) is 5.75 Å². The highest BCUT2D eigenvalue weighted by Gasteiger charge is 2.21. The maximum Gasteiger partial charge on any atom is 0.123 e. The van der Waals surface area contributed by atoms with Gasteiger partial charge in [0.15, 0.2) is 0 Å². The topological polar surface area (TPSA) is 41.5 Å². The molecule has 3 nitrogen and oxygen atoms in total. The van der Waals surface area contributed by atoms with Crippen molar-refractivity contribution in [3.63, 3.8) is 0 Å². The van der Waals surface area contributed by atoms with E-state index in [9.17, 15) is 13.9 Å². The molecule has 0 unspecified atom stereocenters. The van der Waals surface area contributed by atoms with Gasteiger partial charge in [0.2, 0.25) is 0 Å². The molecule has 1 aliphatic rings. The average molecular weight is 384 g/mol. The first kappa shape index (κ1) is 20.6. The molecule has 26 heavy (non-hydrogen) atoms. The zero-order chi connectivity index (χ0) is 17.6. The molecule has 6 heteroatoms. The van der Waals surface area contributed by atoms with Gasteiger partial charge < -0.3 is 15.2 Å². The van der Waals surface area contributed by atoms with Gasteiger partial charge in [-0.25, -0.2) is 8.78 Å². The normalized spacial score (nSPS) is 19.2. The van der Waals surface area contributed by atoms with Gasteiger partial charge in [-0.3, -0.25) is 0 Å². The molecule has 0 amide bonds. The van der Waals surface area contributed by atoms with Crippen LogP contribution in [0.4, 0.5) is 8.78 Å². The van der Waals surface area contributed by atoms with Crippen molar-refractivity contribution >= 4 is 12.4 Å². The van der Waals surface area contributed by atoms with Crippen LogP contribution in [0.15, 0.2) is 42.5 Å². The summed E-state index contributed by atoms with van der Waals surface area (Å²) in [6.45, 7) is 1.14. The SMILES string of the molecule is Cl.O[C@H]1CN[C@H](CCOc2ccc(F)cc2CCc2ccc(F)cc2)C1. The van der Waals surface area contributed by atoms with Gasteiger partial charge in [0, 0.05) is 12.6 Å². The van der Waals surface area contributed by atoms with Crippen LogP contribution in [-0.2, 0) is 12.8 Å². The van der Waals surface area contributed by atoms with E-state index in [1.807, 2.05) is 0 Å². The largest absolute Gasteiger partial charge is 0.493 e. The van der Waals surface area contributed by atoms with Crippen LogP contribution < -0.4 is 10.1 Å². The van der Waals surface area contributed by atoms with Gasteiger partial charge in [-0.1, -0.05) is 12.1 Å². The molecule has 0 saturated carbocycles. The minimum Gasteiger partial charge on any atom is -0.493 e. The predicted octanol–water partition coefficient (Wildman–Crippen LogP) is 3.66. The lowest BCUT2D eigenvalue weighted by molar-refractivity contribution is 0.191. The Bertz CT molecular complexity index is 697. The zero-order valence-corrected chi connectivity index (χ0v) is 15.3. The molecule has 2 aromatic carbocycles. The number of halogens is 3. The molecule has 0 radical (unpaired) electrons. The first-order valence-corrected chi connectivity index (χ1v) is 8.67. The highest BCUT2D eigenvalue weighted by molar-refractivity contribution is 5.85. The van der Waals surface area contributed by atoms with Gasteiger partial charge in [-0.05, 0) is 67.1 Å². The number of rotatable bonds is 7. The summed E-state index contributed by atoms with van der Waals surface area (Å²) >= 11 is 0. The molecule has 1 saturated heterocycles. The second-order valence-electron chi connectivity index (χ2n) is 6.51. The van der Waals surface area contributed by atoms with Crippen LogP contribution in [0.2, 0.25) is 0 Å². The number of ether oxygens (including phenoxy) is 1. The summed E-state index contributed by atoms with van der Waals surface area (Å²) in [6, 6.07) is 11.2. The number of nitrogens with one attached hydrogen (secondary N) is 1. The van der Waals surface area contributed by atoms with Gasteiger partial charge in [0.05, 0.1) is 12.7 Å². The number of aliphatic hydroxyl groups excluding tert-OH is 1. The van der Waals surface area contributed by atoms with Gasteiger partial charge in [0.25, 0.3) is 0 Å². The van der Waals surface area contributed by atoms with E-state index in [-0.39, 0.29) is 36.2 Å². The van der Waals surface area contributed by atoms with Gasteiger partial charge in [0.1, 0.15) is 17.4 Å². The minimum atomic E-state index is -0.290. The minimum absolute atomic E-state index is 0. The summed E-state index contributed by atoms with van der Waals surface area (Å²) < 4.78 is 32.4. The first-order valence-electron chi connectivity index (χ1n) is 8.67. The number of aliphatic hydroxyl groups is 1. The van der Waals surface area contributed by atoms with E-state index in [0.717, 1.165) is 24.0 Å². The Kier molecular flexibility index (Phi) is 7.82. The molecule has 3 rings (SSSR count). The Morgan fingerprint density at radius 1 is 1.04 bits per heavy atom. The highest BCUT2D eigenvalue weighted by Crippen LogP contribution is 2.22. The molecule has 0 spiro atoms. The third-order valence-electron chi connectivity index (χ3n) is 4.54. The third kappa shape index (κ3) is 5.94. The van der Waals surface area contributed by atoms with Crippen molar-refractivity contribution in [2.24, 2.45) is 0 Å². The second kappa shape index (κ2) is 9.86. The van der Waals surface area contributed by atoms with E-state index in [1.54, 1.807) is 18.2 Å². The summed E-state index contributed by atoms with van der Waals surface area (Å²) in [6.07, 6.45) is 2.58. The van der Waals surface area contributed by atoms with E-state index < -0.39 is 0 Å². The summed E-state index contributed by atoms with van der Waals surface area (Å²) in [5.41, 5.74) is 1.81. The Morgan fingerprint density at radius 3 is 2.46 bits per heavy atom. The van der Waals surface area contributed by atoms with Crippen molar-refractivity contribution in [3.8, 4) is 5.75 Å². The Hall–Kier alpha value is -1.69. The number of aryl methyl sites for hydroxylation is 2. The van der Waals surface area contributed by atoms with Crippen LogP contribution in [0.1, 0.15) is 24.0 Å². The molecular weight excluding hydrogens is 360 g/mol. The Labute approximate surface area is 158 Å².